The maximum Gasteiger partial charge on any atom is 0.264 e. The molecule has 1 N–H and O–H groups in total. The van der Waals surface area contributed by atoms with E-state index in [1.54, 1.807) is 49.4 Å². The van der Waals surface area contributed by atoms with E-state index >= 15 is 0 Å². The van der Waals surface area contributed by atoms with Crippen LogP contribution in [0.15, 0.2) is 71.6 Å². The zero-order valence-electron chi connectivity index (χ0n) is 24.8. The lowest BCUT2D eigenvalue weighted by Crippen LogP contribution is -2.53. The molecule has 3 aromatic rings. The number of carbonyl (C=O) groups is 2. The average Bonchev–Trinajstić information content (AvgIpc) is 3.00. The van der Waals surface area contributed by atoms with Gasteiger partial charge in [0.15, 0.2) is 11.5 Å². The van der Waals surface area contributed by atoms with Gasteiger partial charge in [-0.15, -0.1) is 0 Å². The Morgan fingerprint density at radius 1 is 0.907 bits per heavy atom. The number of carbonyl (C=O) groups excluding carboxylic acids is 2. The summed E-state index contributed by atoms with van der Waals surface area (Å²) in [5, 5.41) is 3.68. The molecule has 3 aromatic carbocycles. The lowest BCUT2D eigenvalue weighted by molar-refractivity contribution is -0.140. The SMILES string of the molecule is CC[C@@H](C)NC(=O)[C@H](CC)N(Cc1ccc(Cl)cc1Cl)C(=O)CN(c1ccc(OC)c(OC)c1)S(=O)(=O)c1ccccc1. The van der Waals surface area contributed by atoms with Gasteiger partial charge in [0.2, 0.25) is 11.8 Å². The van der Waals surface area contributed by atoms with Crippen LogP contribution in [0.3, 0.4) is 0 Å². The number of rotatable bonds is 14. The number of anilines is 1. The second kappa shape index (κ2) is 15.3. The van der Waals surface area contributed by atoms with Crippen LogP contribution in [0.2, 0.25) is 10.0 Å². The highest BCUT2D eigenvalue weighted by Gasteiger charge is 2.34. The molecular formula is C31H37Cl2N3O6S. The molecule has 232 valence electrons. The largest absolute Gasteiger partial charge is 0.493 e. The molecule has 0 spiro atoms. The first-order valence-electron chi connectivity index (χ1n) is 13.8. The van der Waals surface area contributed by atoms with Crippen molar-refractivity contribution in [2.24, 2.45) is 0 Å². The second-order valence-electron chi connectivity index (χ2n) is 9.86. The fraction of sp³-hybridized carbons (Fsp3) is 0.355. The van der Waals surface area contributed by atoms with Crippen molar-refractivity contribution in [2.45, 2.75) is 57.1 Å². The molecule has 2 atom stereocenters. The van der Waals surface area contributed by atoms with Crippen molar-refractivity contribution >= 4 is 50.7 Å². The molecule has 0 fully saturated rings. The molecule has 0 saturated heterocycles. The highest BCUT2D eigenvalue weighted by Crippen LogP contribution is 2.34. The molecule has 0 aliphatic carbocycles. The van der Waals surface area contributed by atoms with Crippen molar-refractivity contribution < 1.29 is 27.5 Å². The van der Waals surface area contributed by atoms with E-state index < -0.39 is 28.5 Å². The van der Waals surface area contributed by atoms with E-state index in [0.717, 1.165) is 4.31 Å². The minimum Gasteiger partial charge on any atom is -0.493 e. The van der Waals surface area contributed by atoms with Gasteiger partial charge in [-0.1, -0.05) is 61.3 Å². The Bertz CT molecular complexity index is 1520. The Morgan fingerprint density at radius 3 is 2.16 bits per heavy atom. The molecule has 0 heterocycles. The van der Waals surface area contributed by atoms with Gasteiger partial charge in [0.1, 0.15) is 12.6 Å². The number of ether oxygens (including phenoxy) is 2. The van der Waals surface area contributed by atoms with E-state index in [9.17, 15) is 18.0 Å². The molecule has 9 nitrogen and oxygen atoms in total. The van der Waals surface area contributed by atoms with E-state index in [0.29, 0.717) is 27.8 Å². The first-order chi connectivity index (χ1) is 20.5. The van der Waals surface area contributed by atoms with Gasteiger partial charge in [-0.25, -0.2) is 8.42 Å². The van der Waals surface area contributed by atoms with Crippen molar-refractivity contribution in [3.05, 3.63) is 82.3 Å². The molecular weight excluding hydrogens is 613 g/mol. The molecule has 0 saturated carbocycles. The van der Waals surface area contributed by atoms with Gasteiger partial charge >= 0.3 is 0 Å². The van der Waals surface area contributed by atoms with Crippen LogP contribution in [-0.4, -0.2) is 58.0 Å². The van der Waals surface area contributed by atoms with Gasteiger partial charge in [0.05, 0.1) is 24.8 Å². The quantitative estimate of drug-likeness (QED) is 0.232. The highest BCUT2D eigenvalue weighted by atomic mass is 35.5. The monoisotopic (exact) mass is 649 g/mol. The number of benzene rings is 3. The summed E-state index contributed by atoms with van der Waals surface area (Å²) in [5.74, 6) is -0.281. The molecule has 0 aromatic heterocycles. The number of amides is 2. The lowest BCUT2D eigenvalue weighted by Gasteiger charge is -2.34. The van der Waals surface area contributed by atoms with Crippen LogP contribution in [0.5, 0.6) is 11.5 Å². The number of methoxy groups -OCH3 is 2. The summed E-state index contributed by atoms with van der Waals surface area (Å²) in [4.78, 5) is 29.0. The molecule has 2 amide bonds. The van der Waals surface area contributed by atoms with Crippen LogP contribution in [0.4, 0.5) is 5.69 Å². The van der Waals surface area contributed by atoms with Crippen LogP contribution in [-0.2, 0) is 26.2 Å². The Labute approximate surface area is 263 Å². The van der Waals surface area contributed by atoms with Crippen LogP contribution in [0.1, 0.15) is 39.2 Å². The number of nitrogens with one attached hydrogen (secondary N) is 1. The molecule has 0 aliphatic heterocycles. The zero-order valence-corrected chi connectivity index (χ0v) is 27.2. The van der Waals surface area contributed by atoms with Gasteiger partial charge in [0, 0.05) is 28.7 Å². The summed E-state index contributed by atoms with van der Waals surface area (Å²) < 4.78 is 39.8. The zero-order chi connectivity index (χ0) is 31.7. The molecule has 0 bridgehead atoms. The third kappa shape index (κ3) is 8.34. The van der Waals surface area contributed by atoms with Gasteiger partial charge in [-0.3, -0.25) is 13.9 Å². The Hall–Kier alpha value is -3.47. The third-order valence-corrected chi connectivity index (χ3v) is 9.38. The molecule has 12 heteroatoms. The van der Waals surface area contributed by atoms with E-state index in [2.05, 4.69) is 5.32 Å². The average molecular weight is 651 g/mol. The van der Waals surface area contributed by atoms with Crippen molar-refractivity contribution in [2.75, 3.05) is 25.1 Å². The van der Waals surface area contributed by atoms with Crippen molar-refractivity contribution in [1.82, 2.24) is 10.2 Å². The molecule has 43 heavy (non-hydrogen) atoms. The standard InChI is InChI=1S/C31H37Cl2N3O6S/c1-6-21(3)34-31(38)27(7-2)35(19-22-13-14-23(32)17-26(22)33)30(37)20-36(43(39,40)25-11-9-8-10-12-25)24-15-16-28(41-4)29(18-24)42-5/h8-18,21,27H,6-7,19-20H2,1-5H3,(H,34,38)/t21-,27+/m1/s1. The highest BCUT2D eigenvalue weighted by molar-refractivity contribution is 7.92. The fourth-order valence-corrected chi connectivity index (χ4v) is 6.32. The fourth-order valence-electron chi connectivity index (χ4n) is 4.42. The van der Waals surface area contributed by atoms with Gasteiger partial charge in [0.25, 0.3) is 10.0 Å². The van der Waals surface area contributed by atoms with Crippen LogP contribution in [0.25, 0.3) is 0 Å². The van der Waals surface area contributed by atoms with Crippen molar-refractivity contribution in [3.63, 3.8) is 0 Å². The summed E-state index contributed by atoms with van der Waals surface area (Å²) in [5.41, 5.74) is 0.731. The number of hydrogen-bond donors (Lipinski definition) is 1. The third-order valence-electron chi connectivity index (χ3n) is 7.01. The Balaban J connectivity index is 2.13. The van der Waals surface area contributed by atoms with Gasteiger partial charge in [-0.05, 0) is 61.7 Å². The van der Waals surface area contributed by atoms with E-state index in [1.165, 1.54) is 43.4 Å². The predicted molar refractivity (Wildman–Crippen MR) is 170 cm³/mol. The Morgan fingerprint density at radius 2 is 1.58 bits per heavy atom. The Kier molecular flexibility index (Phi) is 12.1. The maximum atomic E-state index is 14.2. The molecule has 0 radical (unpaired) electrons. The van der Waals surface area contributed by atoms with Gasteiger partial charge in [-0.2, -0.15) is 0 Å². The normalized spacial score (nSPS) is 12.6. The summed E-state index contributed by atoms with van der Waals surface area (Å²) in [6.45, 7) is 4.95. The van der Waals surface area contributed by atoms with Crippen molar-refractivity contribution in [3.8, 4) is 11.5 Å². The number of halogens is 2. The van der Waals surface area contributed by atoms with E-state index in [1.807, 2.05) is 13.8 Å². The molecule has 0 aliphatic rings. The number of nitrogens with zero attached hydrogens (tertiary/aromatic N) is 2. The molecule has 0 unspecified atom stereocenters. The summed E-state index contributed by atoms with van der Waals surface area (Å²) in [6.07, 6.45) is 0.975. The first kappa shape index (κ1) is 34.0. The first-order valence-corrected chi connectivity index (χ1v) is 16.0. The maximum absolute atomic E-state index is 14.2. The number of sulfonamides is 1. The predicted octanol–water partition coefficient (Wildman–Crippen LogP) is 5.93. The van der Waals surface area contributed by atoms with Crippen LogP contribution >= 0.6 is 23.2 Å². The van der Waals surface area contributed by atoms with Crippen LogP contribution in [0, 0.1) is 0 Å². The second-order valence-corrected chi connectivity index (χ2v) is 12.6. The molecule has 3 rings (SSSR count). The number of hydrogen-bond acceptors (Lipinski definition) is 6. The summed E-state index contributed by atoms with van der Waals surface area (Å²) >= 11 is 12.6. The minimum atomic E-state index is -4.24. The summed E-state index contributed by atoms with van der Waals surface area (Å²) in [7, 11) is -1.34. The van der Waals surface area contributed by atoms with Gasteiger partial charge < -0.3 is 19.7 Å². The topological polar surface area (TPSA) is 105 Å². The minimum absolute atomic E-state index is 0.00793. The lowest BCUT2D eigenvalue weighted by atomic mass is 10.1. The van der Waals surface area contributed by atoms with Crippen molar-refractivity contribution in [1.29, 1.82) is 0 Å². The van der Waals surface area contributed by atoms with Crippen LogP contribution < -0.4 is 19.1 Å². The summed E-state index contributed by atoms with van der Waals surface area (Å²) in [6, 6.07) is 16.2. The smallest absolute Gasteiger partial charge is 0.264 e. The van der Waals surface area contributed by atoms with E-state index in [-0.39, 0.29) is 41.2 Å². The van der Waals surface area contributed by atoms with E-state index in [4.69, 9.17) is 32.7 Å².